The molecular weight excluding hydrogens is 496 g/mol. The molecule has 0 aliphatic carbocycles. The fourth-order valence-corrected chi connectivity index (χ4v) is 6.11. The number of aliphatic hydroxyl groups excluding tert-OH is 1. The summed E-state index contributed by atoms with van der Waals surface area (Å²) in [5.74, 6) is 0.186. The van der Waals surface area contributed by atoms with Crippen LogP contribution in [0.3, 0.4) is 0 Å². The van der Waals surface area contributed by atoms with Gasteiger partial charge in [-0.05, 0) is 42.4 Å². The summed E-state index contributed by atoms with van der Waals surface area (Å²) in [5.41, 5.74) is 2.45. The fraction of sp³-hybridized carbons (Fsp3) is 0.500. The number of rotatable bonds is 11. The van der Waals surface area contributed by atoms with Crippen LogP contribution in [0.5, 0.6) is 5.75 Å². The first-order valence-corrected chi connectivity index (χ1v) is 14.1. The van der Waals surface area contributed by atoms with Crippen molar-refractivity contribution in [3.05, 3.63) is 64.9 Å². The number of benzene rings is 2. The third kappa shape index (κ3) is 4.98. The van der Waals surface area contributed by atoms with Crippen LogP contribution in [0.15, 0.2) is 47.1 Å². The van der Waals surface area contributed by atoms with Gasteiger partial charge >= 0.3 is 5.97 Å². The van der Waals surface area contributed by atoms with E-state index >= 15 is 0 Å². The van der Waals surface area contributed by atoms with Crippen molar-refractivity contribution in [2.75, 3.05) is 0 Å². The highest BCUT2D eigenvalue weighted by atomic mass is 16.7. The van der Waals surface area contributed by atoms with E-state index in [1.165, 1.54) is 0 Å². The number of hydrogen-bond donors (Lipinski definition) is 1. The highest BCUT2D eigenvalue weighted by molar-refractivity contribution is 6.00. The van der Waals surface area contributed by atoms with Gasteiger partial charge in [0.25, 0.3) is 0 Å². The lowest BCUT2D eigenvalue weighted by atomic mass is 9.81. The molecule has 5 rings (SSSR count). The van der Waals surface area contributed by atoms with Gasteiger partial charge in [0.2, 0.25) is 5.60 Å². The summed E-state index contributed by atoms with van der Waals surface area (Å²) >= 11 is 0. The Morgan fingerprint density at radius 1 is 1.21 bits per heavy atom. The Kier molecular flexibility index (Phi) is 7.83. The molecule has 0 amide bonds. The molecule has 0 radical (unpaired) electrons. The summed E-state index contributed by atoms with van der Waals surface area (Å²) in [6.07, 6.45) is 3.95. The summed E-state index contributed by atoms with van der Waals surface area (Å²) in [4.78, 5) is 25.5. The molecular formula is C32H38O7. The zero-order valence-corrected chi connectivity index (χ0v) is 23.1. The number of aldehydes is 1. The van der Waals surface area contributed by atoms with Gasteiger partial charge < -0.3 is 23.7 Å². The van der Waals surface area contributed by atoms with Gasteiger partial charge in [-0.15, -0.1) is 0 Å². The van der Waals surface area contributed by atoms with E-state index in [4.69, 9.17) is 18.6 Å². The lowest BCUT2D eigenvalue weighted by molar-refractivity contribution is -0.174. The average Bonchev–Trinajstić information content (AvgIpc) is 3.54. The van der Waals surface area contributed by atoms with Crippen molar-refractivity contribution in [3.8, 4) is 5.75 Å². The normalized spacial score (nSPS) is 25.2. The number of fused-ring (bicyclic) bond motifs is 1. The molecule has 5 atom stereocenters. The summed E-state index contributed by atoms with van der Waals surface area (Å²) in [6, 6.07) is 11.9. The van der Waals surface area contributed by atoms with Crippen molar-refractivity contribution in [1.82, 2.24) is 0 Å². The Balaban J connectivity index is 1.52. The number of furan rings is 1. The molecule has 7 nitrogen and oxygen atoms in total. The highest BCUT2D eigenvalue weighted by Crippen LogP contribution is 2.50. The van der Waals surface area contributed by atoms with E-state index in [1.807, 2.05) is 37.3 Å². The molecule has 208 valence electrons. The molecule has 1 aromatic heterocycles. The van der Waals surface area contributed by atoms with Crippen molar-refractivity contribution in [3.63, 3.8) is 0 Å². The smallest absolute Gasteiger partial charge is 0.344 e. The summed E-state index contributed by atoms with van der Waals surface area (Å²) in [6.45, 7) is 8.60. The molecule has 3 heterocycles. The van der Waals surface area contributed by atoms with E-state index in [2.05, 4.69) is 26.8 Å². The van der Waals surface area contributed by atoms with E-state index in [1.54, 1.807) is 6.26 Å². The average molecular weight is 535 g/mol. The van der Waals surface area contributed by atoms with Gasteiger partial charge in [-0.3, -0.25) is 4.79 Å². The molecule has 2 aliphatic rings. The van der Waals surface area contributed by atoms with E-state index in [0.29, 0.717) is 35.8 Å². The monoisotopic (exact) mass is 534 g/mol. The van der Waals surface area contributed by atoms with Crippen LogP contribution >= 0.6 is 0 Å². The molecule has 1 N–H and O–H groups in total. The minimum Gasteiger partial charge on any atom is -0.488 e. The number of carbonyl (C=O) groups is 2. The minimum absolute atomic E-state index is 0.200. The maximum Gasteiger partial charge on any atom is 0.344 e. The Hall–Kier alpha value is -3.16. The number of ether oxygens (including phenoxy) is 3. The molecule has 1 spiro atoms. The van der Waals surface area contributed by atoms with E-state index in [-0.39, 0.29) is 18.4 Å². The number of carbonyl (C=O) groups excluding carboxylic acids is 2. The molecule has 7 heteroatoms. The molecule has 2 fully saturated rings. The Labute approximate surface area is 229 Å². The van der Waals surface area contributed by atoms with Gasteiger partial charge in [0.15, 0.2) is 6.29 Å². The molecule has 0 bridgehead atoms. The van der Waals surface area contributed by atoms with Crippen LogP contribution in [0.25, 0.3) is 11.0 Å². The molecule has 2 aliphatic heterocycles. The van der Waals surface area contributed by atoms with Crippen LogP contribution in [0.1, 0.15) is 86.3 Å². The van der Waals surface area contributed by atoms with Crippen molar-refractivity contribution in [2.24, 2.45) is 5.92 Å². The van der Waals surface area contributed by atoms with E-state index < -0.39 is 23.8 Å². The second-order valence-corrected chi connectivity index (χ2v) is 11.2. The second-order valence-electron chi connectivity index (χ2n) is 11.2. The topological polar surface area (TPSA) is 98.5 Å². The molecule has 0 saturated carbocycles. The maximum atomic E-state index is 13.0. The van der Waals surface area contributed by atoms with Crippen LogP contribution in [0.4, 0.5) is 0 Å². The van der Waals surface area contributed by atoms with Crippen LogP contribution < -0.4 is 4.74 Å². The maximum absolute atomic E-state index is 13.0. The zero-order chi connectivity index (χ0) is 27.7. The van der Waals surface area contributed by atoms with E-state index in [0.717, 1.165) is 47.6 Å². The molecule has 2 saturated heterocycles. The first-order valence-electron chi connectivity index (χ1n) is 14.1. The SMILES string of the molecule is CCCC(c1coc2c(C=O)c(OCc3ccccc3)c(CC(C)C)cc12)C1CC(O)C2(OC2CC)C(=O)O1. The summed E-state index contributed by atoms with van der Waals surface area (Å²) in [7, 11) is 0. The highest BCUT2D eigenvalue weighted by Gasteiger charge is 2.70. The van der Waals surface area contributed by atoms with Crippen molar-refractivity contribution in [1.29, 1.82) is 0 Å². The minimum atomic E-state index is -1.22. The third-order valence-corrected chi connectivity index (χ3v) is 8.04. The van der Waals surface area contributed by atoms with Crippen LogP contribution in [-0.2, 0) is 27.3 Å². The number of epoxide rings is 1. The van der Waals surface area contributed by atoms with Crippen LogP contribution in [0.2, 0.25) is 0 Å². The first kappa shape index (κ1) is 27.4. The Bertz CT molecular complexity index is 1330. The number of hydrogen-bond acceptors (Lipinski definition) is 7. The van der Waals surface area contributed by atoms with Gasteiger partial charge in [-0.25, -0.2) is 4.79 Å². The molecule has 39 heavy (non-hydrogen) atoms. The largest absolute Gasteiger partial charge is 0.488 e. The van der Waals surface area contributed by atoms with Gasteiger partial charge in [0.1, 0.15) is 36.3 Å². The van der Waals surface area contributed by atoms with Gasteiger partial charge in [0.05, 0.1) is 11.8 Å². The predicted octanol–water partition coefficient (Wildman–Crippen LogP) is 6.13. The van der Waals surface area contributed by atoms with E-state index in [9.17, 15) is 14.7 Å². The number of cyclic esters (lactones) is 1. The molecule has 5 unspecified atom stereocenters. The van der Waals surface area contributed by atoms with Crippen LogP contribution in [0, 0.1) is 5.92 Å². The second kappa shape index (κ2) is 11.1. The number of aliphatic hydroxyl groups is 1. The van der Waals surface area contributed by atoms with Gasteiger partial charge in [0, 0.05) is 23.3 Å². The third-order valence-electron chi connectivity index (χ3n) is 8.04. The lowest BCUT2D eigenvalue weighted by Gasteiger charge is -2.35. The summed E-state index contributed by atoms with van der Waals surface area (Å²) < 4.78 is 23.9. The number of esters is 1. The fourth-order valence-electron chi connectivity index (χ4n) is 6.11. The van der Waals surface area contributed by atoms with Crippen molar-refractivity contribution in [2.45, 2.75) is 96.2 Å². The first-order chi connectivity index (χ1) is 18.8. The predicted molar refractivity (Wildman–Crippen MR) is 147 cm³/mol. The van der Waals surface area contributed by atoms with Crippen molar-refractivity contribution >= 4 is 23.2 Å². The summed E-state index contributed by atoms with van der Waals surface area (Å²) in [5, 5.41) is 11.8. The molecule has 2 aromatic carbocycles. The Morgan fingerprint density at radius 2 is 1.97 bits per heavy atom. The standard InChI is InChI=1S/C32H38O7/c1-5-10-22(26-15-27(34)32(31(35)38-26)28(6-2)39-32)25-18-37-30-23(25)14-21(13-19(3)4)29(24(30)16-33)36-17-20-11-8-7-9-12-20/h7-9,11-12,14,16,18-19,22,26-28,34H,5-6,10,13,15,17H2,1-4H3. The molecule has 3 aromatic rings. The van der Waals surface area contributed by atoms with Crippen LogP contribution in [-0.4, -0.2) is 41.3 Å². The quantitative estimate of drug-likeness (QED) is 0.179. The van der Waals surface area contributed by atoms with Gasteiger partial charge in [-0.2, -0.15) is 0 Å². The van der Waals surface area contributed by atoms with Gasteiger partial charge in [-0.1, -0.05) is 64.4 Å². The van der Waals surface area contributed by atoms with Crippen molar-refractivity contribution < 1.29 is 33.3 Å². The zero-order valence-electron chi connectivity index (χ0n) is 23.1. The Morgan fingerprint density at radius 3 is 2.59 bits per heavy atom. The lowest BCUT2D eigenvalue weighted by Crippen LogP contribution is -2.51.